The summed E-state index contributed by atoms with van der Waals surface area (Å²) in [7, 11) is 0. The molecule has 1 atom stereocenters. The number of carbonyl (C=O) groups is 1. The molecule has 1 aliphatic heterocycles. The molecule has 0 aliphatic carbocycles. The van der Waals surface area contributed by atoms with Gasteiger partial charge in [0.25, 0.3) is 0 Å². The number of nitrogens with two attached hydrogens (primary N) is 1. The zero-order valence-corrected chi connectivity index (χ0v) is 19.7. The maximum absolute atomic E-state index is 12.0. The third kappa shape index (κ3) is 5.68. The Morgan fingerprint density at radius 1 is 1.03 bits per heavy atom. The minimum absolute atomic E-state index is 0.0406. The van der Waals surface area contributed by atoms with E-state index in [1.165, 1.54) is 5.56 Å². The lowest BCUT2D eigenvalue weighted by Gasteiger charge is -2.34. The molecule has 0 bridgehead atoms. The van der Waals surface area contributed by atoms with Crippen LogP contribution in [0.3, 0.4) is 0 Å². The summed E-state index contributed by atoms with van der Waals surface area (Å²) >= 11 is 0. The predicted molar refractivity (Wildman–Crippen MR) is 133 cm³/mol. The van der Waals surface area contributed by atoms with Crippen LogP contribution in [0.1, 0.15) is 30.8 Å². The van der Waals surface area contributed by atoms with Gasteiger partial charge in [-0.15, -0.1) is 0 Å². The Hall–Kier alpha value is -3.54. The highest BCUT2D eigenvalue weighted by Crippen LogP contribution is 2.23. The first-order valence-corrected chi connectivity index (χ1v) is 11.7. The SMILES string of the molecule is CC(C)[C@H](Nc1nc(CN2CCN(Cc3ccc(C#N)cc3)CC2)nc2ccccc12)C(N)=O. The fourth-order valence-electron chi connectivity index (χ4n) is 4.27. The van der Waals surface area contributed by atoms with Crippen molar-refractivity contribution in [3.8, 4) is 6.07 Å². The minimum atomic E-state index is -0.503. The van der Waals surface area contributed by atoms with E-state index < -0.39 is 11.9 Å². The van der Waals surface area contributed by atoms with Crippen LogP contribution in [-0.2, 0) is 17.9 Å². The molecule has 8 heteroatoms. The van der Waals surface area contributed by atoms with Crippen LogP contribution in [0.4, 0.5) is 5.82 Å². The van der Waals surface area contributed by atoms with Crippen molar-refractivity contribution in [2.45, 2.75) is 33.0 Å². The first-order valence-electron chi connectivity index (χ1n) is 11.7. The van der Waals surface area contributed by atoms with Gasteiger partial charge in [0.05, 0.1) is 23.7 Å². The normalized spacial score (nSPS) is 15.8. The monoisotopic (exact) mass is 457 g/mol. The third-order valence-corrected chi connectivity index (χ3v) is 6.23. The van der Waals surface area contributed by atoms with Gasteiger partial charge >= 0.3 is 0 Å². The molecule has 0 spiro atoms. The number of nitrogens with one attached hydrogen (secondary N) is 1. The van der Waals surface area contributed by atoms with E-state index >= 15 is 0 Å². The van der Waals surface area contributed by atoms with Gasteiger partial charge in [0.15, 0.2) is 0 Å². The molecule has 0 radical (unpaired) electrons. The summed E-state index contributed by atoms with van der Waals surface area (Å²) in [4.78, 5) is 26.3. The number of para-hydroxylation sites is 1. The van der Waals surface area contributed by atoms with Gasteiger partial charge in [-0.2, -0.15) is 5.26 Å². The molecule has 2 aromatic carbocycles. The van der Waals surface area contributed by atoms with Crippen molar-refractivity contribution in [3.05, 3.63) is 65.5 Å². The number of fused-ring (bicyclic) bond motifs is 1. The van der Waals surface area contributed by atoms with E-state index in [0.717, 1.165) is 49.5 Å². The lowest BCUT2D eigenvalue weighted by Crippen LogP contribution is -2.45. The Morgan fingerprint density at radius 3 is 2.29 bits per heavy atom. The average Bonchev–Trinajstić information content (AvgIpc) is 2.83. The summed E-state index contributed by atoms with van der Waals surface area (Å²) in [6.45, 7) is 9.20. The number of hydrogen-bond donors (Lipinski definition) is 2. The number of rotatable bonds is 8. The zero-order chi connectivity index (χ0) is 24.1. The molecule has 3 aromatic rings. The number of anilines is 1. The van der Waals surface area contributed by atoms with Gasteiger partial charge in [0.2, 0.25) is 5.91 Å². The van der Waals surface area contributed by atoms with Gasteiger partial charge in [-0.05, 0) is 35.7 Å². The van der Waals surface area contributed by atoms with Crippen molar-refractivity contribution in [2.24, 2.45) is 11.7 Å². The number of carbonyl (C=O) groups excluding carboxylic acids is 1. The van der Waals surface area contributed by atoms with Gasteiger partial charge in [0.1, 0.15) is 17.7 Å². The second kappa shape index (κ2) is 10.6. The smallest absolute Gasteiger partial charge is 0.240 e. The molecule has 1 aliphatic rings. The Balaban J connectivity index is 1.43. The number of hydrogen-bond acceptors (Lipinski definition) is 7. The number of piperazine rings is 1. The second-order valence-electron chi connectivity index (χ2n) is 9.14. The number of nitrogens with zero attached hydrogens (tertiary/aromatic N) is 5. The van der Waals surface area contributed by atoms with Crippen molar-refractivity contribution in [2.75, 3.05) is 31.5 Å². The van der Waals surface area contributed by atoms with E-state index in [0.29, 0.717) is 17.9 Å². The average molecular weight is 458 g/mol. The Labute approximate surface area is 200 Å². The van der Waals surface area contributed by atoms with Crippen LogP contribution in [0.15, 0.2) is 48.5 Å². The molecule has 4 rings (SSSR count). The van der Waals surface area contributed by atoms with E-state index in [9.17, 15) is 4.79 Å². The van der Waals surface area contributed by atoms with Crippen LogP contribution < -0.4 is 11.1 Å². The summed E-state index contributed by atoms with van der Waals surface area (Å²) in [6, 6.07) is 17.3. The van der Waals surface area contributed by atoms with Crippen LogP contribution in [0.25, 0.3) is 10.9 Å². The molecule has 0 unspecified atom stereocenters. The lowest BCUT2D eigenvalue weighted by atomic mass is 10.0. The molecule has 2 heterocycles. The summed E-state index contributed by atoms with van der Waals surface area (Å²) in [5.41, 5.74) is 8.38. The maximum Gasteiger partial charge on any atom is 0.240 e. The molecular weight excluding hydrogens is 426 g/mol. The van der Waals surface area contributed by atoms with Crippen LogP contribution >= 0.6 is 0 Å². The predicted octanol–water partition coefficient (Wildman–Crippen LogP) is 2.74. The number of amides is 1. The van der Waals surface area contributed by atoms with Gasteiger partial charge in [-0.1, -0.05) is 38.1 Å². The number of benzene rings is 2. The first-order chi connectivity index (χ1) is 16.4. The fourth-order valence-corrected chi connectivity index (χ4v) is 4.27. The van der Waals surface area contributed by atoms with Gasteiger partial charge in [0, 0.05) is 38.1 Å². The molecule has 3 N–H and O–H groups in total. The van der Waals surface area contributed by atoms with Crippen molar-refractivity contribution in [3.63, 3.8) is 0 Å². The van der Waals surface area contributed by atoms with Crippen molar-refractivity contribution < 1.29 is 4.79 Å². The molecule has 176 valence electrons. The topological polar surface area (TPSA) is 111 Å². The highest BCUT2D eigenvalue weighted by Gasteiger charge is 2.22. The van der Waals surface area contributed by atoms with E-state index in [1.54, 1.807) is 0 Å². The van der Waals surface area contributed by atoms with Crippen LogP contribution in [0.2, 0.25) is 0 Å². The molecule has 0 saturated carbocycles. The first kappa shape index (κ1) is 23.6. The highest BCUT2D eigenvalue weighted by atomic mass is 16.1. The van der Waals surface area contributed by atoms with Gasteiger partial charge in [-0.3, -0.25) is 14.6 Å². The number of primary amides is 1. The van der Waals surface area contributed by atoms with Gasteiger partial charge in [-0.25, -0.2) is 9.97 Å². The van der Waals surface area contributed by atoms with E-state index in [4.69, 9.17) is 21.0 Å². The Morgan fingerprint density at radius 2 is 1.68 bits per heavy atom. The van der Waals surface area contributed by atoms with E-state index in [1.807, 2.05) is 62.4 Å². The molecule has 1 aromatic heterocycles. The van der Waals surface area contributed by atoms with Crippen LogP contribution in [0, 0.1) is 17.2 Å². The summed E-state index contributed by atoms with van der Waals surface area (Å²) in [5, 5.41) is 13.1. The van der Waals surface area contributed by atoms with Crippen molar-refractivity contribution in [1.82, 2.24) is 19.8 Å². The molecule has 1 saturated heterocycles. The van der Waals surface area contributed by atoms with Crippen molar-refractivity contribution >= 4 is 22.6 Å². The summed E-state index contributed by atoms with van der Waals surface area (Å²) < 4.78 is 0. The molecular formula is C26H31N7O. The Kier molecular flexibility index (Phi) is 7.36. The quantitative estimate of drug-likeness (QED) is 0.535. The Bertz CT molecular complexity index is 1180. The second-order valence-corrected chi connectivity index (χ2v) is 9.14. The summed E-state index contributed by atoms with van der Waals surface area (Å²) in [5.74, 6) is 1.03. The zero-order valence-electron chi connectivity index (χ0n) is 19.7. The number of nitriles is 1. The molecule has 1 fully saturated rings. The van der Waals surface area contributed by atoms with Gasteiger partial charge < -0.3 is 11.1 Å². The molecule has 1 amide bonds. The number of aromatic nitrogens is 2. The van der Waals surface area contributed by atoms with E-state index in [2.05, 4.69) is 21.2 Å². The summed E-state index contributed by atoms with van der Waals surface area (Å²) in [6.07, 6.45) is 0. The lowest BCUT2D eigenvalue weighted by molar-refractivity contribution is -0.119. The van der Waals surface area contributed by atoms with Crippen molar-refractivity contribution in [1.29, 1.82) is 5.26 Å². The third-order valence-electron chi connectivity index (χ3n) is 6.23. The largest absolute Gasteiger partial charge is 0.368 e. The van der Waals surface area contributed by atoms with Crippen LogP contribution in [0.5, 0.6) is 0 Å². The maximum atomic E-state index is 12.0. The standard InChI is InChI=1S/C26H31N7O/c1-18(2)24(25(28)34)31-26-21-5-3-4-6-22(21)29-23(30-26)17-33-13-11-32(12-14-33)16-20-9-7-19(15-27)8-10-20/h3-10,18,24H,11-14,16-17H2,1-2H3,(H2,28,34)(H,29,30,31)/t24-/m0/s1. The minimum Gasteiger partial charge on any atom is -0.368 e. The highest BCUT2D eigenvalue weighted by molar-refractivity contribution is 5.91. The fraction of sp³-hybridized carbons (Fsp3) is 0.385. The molecule has 34 heavy (non-hydrogen) atoms. The van der Waals surface area contributed by atoms with Crippen LogP contribution in [-0.4, -0.2) is 57.9 Å². The van der Waals surface area contributed by atoms with E-state index in [-0.39, 0.29) is 5.92 Å². The molecule has 8 nitrogen and oxygen atoms in total.